The zero-order chi connectivity index (χ0) is 18.5. The number of fused-ring (bicyclic) bond motifs is 1. The maximum absolute atomic E-state index is 12.2. The monoisotopic (exact) mass is 363 g/mol. The summed E-state index contributed by atoms with van der Waals surface area (Å²) in [4.78, 5) is 16.5. The molecule has 4 rings (SSSR count). The topological polar surface area (TPSA) is 56.2 Å². The van der Waals surface area contributed by atoms with E-state index in [-0.39, 0.29) is 5.91 Å². The van der Waals surface area contributed by atoms with Gasteiger partial charge in [-0.05, 0) is 48.8 Å². The number of carbonyl (C=O) groups excluding carboxylic acids is 1. The summed E-state index contributed by atoms with van der Waals surface area (Å²) in [5, 5.41) is 4.17. The fraction of sp³-hybridized carbons (Fsp3) is 0.364. The molecular formula is C22H25N3O2. The second-order valence-electron chi connectivity index (χ2n) is 7.12. The Labute approximate surface area is 159 Å². The van der Waals surface area contributed by atoms with Crippen LogP contribution in [-0.4, -0.2) is 21.6 Å². The number of aryl methyl sites for hydroxylation is 1. The first-order valence-corrected chi connectivity index (χ1v) is 9.70. The van der Waals surface area contributed by atoms with Gasteiger partial charge in [-0.2, -0.15) is 0 Å². The van der Waals surface area contributed by atoms with Gasteiger partial charge in [0, 0.05) is 43.5 Å². The van der Waals surface area contributed by atoms with Crippen LogP contribution >= 0.6 is 0 Å². The zero-order valence-electron chi connectivity index (χ0n) is 15.4. The minimum Gasteiger partial charge on any atom is -0.474 e. The summed E-state index contributed by atoms with van der Waals surface area (Å²) in [5.41, 5.74) is 2.14. The number of hydrogen-bond donors (Lipinski definition) is 1. The number of ether oxygens (including phenoxy) is 1. The van der Waals surface area contributed by atoms with Gasteiger partial charge in [-0.1, -0.05) is 24.3 Å². The molecule has 0 radical (unpaired) electrons. The van der Waals surface area contributed by atoms with Crippen LogP contribution in [0, 0.1) is 0 Å². The van der Waals surface area contributed by atoms with Crippen LogP contribution in [0.15, 0.2) is 54.9 Å². The lowest BCUT2D eigenvalue weighted by Crippen LogP contribution is -2.24. The second-order valence-corrected chi connectivity index (χ2v) is 7.12. The van der Waals surface area contributed by atoms with Crippen LogP contribution in [0.1, 0.15) is 37.7 Å². The zero-order valence-corrected chi connectivity index (χ0v) is 15.4. The van der Waals surface area contributed by atoms with Gasteiger partial charge in [-0.3, -0.25) is 4.79 Å². The van der Waals surface area contributed by atoms with Crippen molar-refractivity contribution in [2.75, 3.05) is 0 Å². The smallest absolute Gasteiger partial charge is 0.222 e. The fourth-order valence-electron chi connectivity index (χ4n) is 3.61. The summed E-state index contributed by atoms with van der Waals surface area (Å²) < 4.78 is 7.99. The second kappa shape index (κ2) is 8.25. The highest BCUT2D eigenvalue weighted by atomic mass is 16.5. The highest BCUT2D eigenvalue weighted by Crippen LogP contribution is 2.22. The van der Waals surface area contributed by atoms with E-state index in [0.717, 1.165) is 23.9 Å². The summed E-state index contributed by atoms with van der Waals surface area (Å²) in [6.07, 6.45) is 9.31. The normalized spacial score (nSPS) is 14.5. The number of nitrogens with zero attached hydrogens (tertiary/aromatic N) is 2. The number of aromatic nitrogens is 2. The molecule has 2 aromatic heterocycles. The van der Waals surface area contributed by atoms with E-state index in [1.807, 2.05) is 30.5 Å². The molecule has 0 aliphatic heterocycles. The van der Waals surface area contributed by atoms with Gasteiger partial charge >= 0.3 is 0 Å². The summed E-state index contributed by atoms with van der Waals surface area (Å²) in [7, 11) is 0. The van der Waals surface area contributed by atoms with Crippen molar-refractivity contribution in [3.8, 4) is 5.88 Å². The minimum atomic E-state index is 0.0408. The van der Waals surface area contributed by atoms with Crippen LogP contribution in [0.2, 0.25) is 0 Å². The van der Waals surface area contributed by atoms with E-state index >= 15 is 0 Å². The molecule has 1 amide bonds. The third-order valence-electron chi connectivity index (χ3n) is 5.14. The highest BCUT2D eigenvalue weighted by molar-refractivity contribution is 5.80. The molecule has 0 spiro atoms. The molecule has 0 saturated heterocycles. The van der Waals surface area contributed by atoms with Crippen molar-refractivity contribution in [3.05, 3.63) is 60.4 Å². The molecule has 2 heterocycles. The lowest BCUT2D eigenvalue weighted by molar-refractivity contribution is -0.121. The molecule has 1 aliphatic rings. The molecule has 5 heteroatoms. The maximum Gasteiger partial charge on any atom is 0.222 e. The van der Waals surface area contributed by atoms with Crippen LogP contribution in [-0.2, 0) is 17.9 Å². The Balaban J connectivity index is 1.24. The molecule has 140 valence electrons. The number of para-hydroxylation sites is 1. The van der Waals surface area contributed by atoms with Crippen LogP contribution in [0.3, 0.4) is 0 Å². The van der Waals surface area contributed by atoms with E-state index in [1.54, 1.807) is 6.20 Å². The lowest BCUT2D eigenvalue weighted by Gasteiger charge is -2.12. The van der Waals surface area contributed by atoms with Crippen LogP contribution in [0.5, 0.6) is 5.88 Å². The van der Waals surface area contributed by atoms with Gasteiger partial charge in [-0.25, -0.2) is 4.98 Å². The number of hydrogen-bond acceptors (Lipinski definition) is 3. The average Bonchev–Trinajstić information content (AvgIpc) is 3.35. The van der Waals surface area contributed by atoms with Gasteiger partial charge in [0.2, 0.25) is 11.8 Å². The highest BCUT2D eigenvalue weighted by Gasteiger charge is 2.16. The van der Waals surface area contributed by atoms with Crippen molar-refractivity contribution < 1.29 is 9.53 Å². The SMILES string of the molecule is O=C(CCn1ccc2ccccc21)NCc1ccc(OC2CCCC2)nc1. The fourth-order valence-corrected chi connectivity index (χ4v) is 3.61. The molecule has 1 aromatic carbocycles. The third-order valence-corrected chi connectivity index (χ3v) is 5.14. The average molecular weight is 363 g/mol. The molecule has 1 aliphatic carbocycles. The molecule has 0 unspecified atom stereocenters. The molecule has 1 N–H and O–H groups in total. The Kier molecular flexibility index (Phi) is 5.37. The van der Waals surface area contributed by atoms with E-state index in [4.69, 9.17) is 4.74 Å². The van der Waals surface area contributed by atoms with Gasteiger partial charge in [0.1, 0.15) is 6.10 Å². The molecule has 0 atom stereocenters. The third kappa shape index (κ3) is 4.48. The van der Waals surface area contributed by atoms with Crippen molar-refractivity contribution in [3.63, 3.8) is 0 Å². The first-order chi connectivity index (χ1) is 13.3. The Hall–Kier alpha value is -2.82. The number of amides is 1. The van der Waals surface area contributed by atoms with Crippen molar-refractivity contribution in [2.24, 2.45) is 0 Å². The van der Waals surface area contributed by atoms with Crippen LogP contribution in [0.4, 0.5) is 0 Å². The van der Waals surface area contributed by atoms with Gasteiger partial charge < -0.3 is 14.6 Å². The van der Waals surface area contributed by atoms with Gasteiger partial charge in [0.05, 0.1) is 0 Å². The number of nitrogens with one attached hydrogen (secondary N) is 1. The van der Waals surface area contributed by atoms with E-state index in [1.165, 1.54) is 18.2 Å². The Morgan fingerprint density at radius 2 is 2.00 bits per heavy atom. The van der Waals surface area contributed by atoms with Crippen molar-refractivity contribution in [2.45, 2.75) is 51.3 Å². The summed E-state index contributed by atoms with van der Waals surface area (Å²) in [6.45, 7) is 1.16. The largest absolute Gasteiger partial charge is 0.474 e. The maximum atomic E-state index is 12.2. The van der Waals surface area contributed by atoms with Crippen LogP contribution < -0.4 is 10.1 Å². The first kappa shape index (κ1) is 17.6. The van der Waals surface area contributed by atoms with E-state index in [9.17, 15) is 4.79 Å². The van der Waals surface area contributed by atoms with Crippen LogP contribution in [0.25, 0.3) is 10.9 Å². The van der Waals surface area contributed by atoms with Gasteiger partial charge in [0.25, 0.3) is 0 Å². The Morgan fingerprint density at radius 1 is 1.15 bits per heavy atom. The molecular weight excluding hydrogens is 338 g/mol. The van der Waals surface area contributed by atoms with Crippen molar-refractivity contribution in [1.29, 1.82) is 0 Å². The lowest BCUT2D eigenvalue weighted by atomic mass is 10.2. The number of benzene rings is 1. The summed E-state index contributed by atoms with van der Waals surface area (Å²) >= 11 is 0. The van der Waals surface area contributed by atoms with E-state index in [0.29, 0.717) is 31.5 Å². The summed E-state index contributed by atoms with van der Waals surface area (Å²) in [5.74, 6) is 0.718. The molecule has 5 nitrogen and oxygen atoms in total. The minimum absolute atomic E-state index is 0.0408. The standard InChI is InChI=1S/C22H25N3O2/c26-21(12-14-25-13-11-18-5-1-4-8-20(18)25)23-15-17-9-10-22(24-16-17)27-19-6-2-3-7-19/h1,4-5,8-11,13,16,19H,2-3,6-7,12,14-15H2,(H,23,26). The van der Waals surface area contributed by atoms with Gasteiger partial charge in [0.15, 0.2) is 0 Å². The Morgan fingerprint density at radius 3 is 2.81 bits per heavy atom. The number of pyridine rings is 1. The summed E-state index contributed by atoms with van der Waals surface area (Å²) in [6, 6.07) is 14.1. The molecule has 27 heavy (non-hydrogen) atoms. The first-order valence-electron chi connectivity index (χ1n) is 9.70. The molecule has 1 fully saturated rings. The van der Waals surface area contributed by atoms with Gasteiger partial charge in [-0.15, -0.1) is 0 Å². The molecule has 1 saturated carbocycles. The quantitative estimate of drug-likeness (QED) is 0.689. The molecule has 3 aromatic rings. The van der Waals surface area contributed by atoms with E-state index in [2.05, 4.69) is 33.1 Å². The molecule has 0 bridgehead atoms. The number of carbonyl (C=O) groups is 1. The van der Waals surface area contributed by atoms with Crippen molar-refractivity contribution >= 4 is 16.8 Å². The predicted octanol–water partition coefficient (Wildman–Crippen LogP) is 4.06. The Bertz CT molecular complexity index is 895. The number of rotatable bonds is 7. The predicted molar refractivity (Wildman–Crippen MR) is 106 cm³/mol. The van der Waals surface area contributed by atoms with Crippen molar-refractivity contribution in [1.82, 2.24) is 14.9 Å². The van der Waals surface area contributed by atoms with E-state index < -0.39 is 0 Å².